The van der Waals surface area contributed by atoms with Gasteiger partial charge in [0.25, 0.3) is 0 Å². The Morgan fingerprint density at radius 3 is 2.28 bits per heavy atom. The van der Waals surface area contributed by atoms with Crippen molar-refractivity contribution in [3.8, 4) is 16.9 Å². The molecule has 0 bridgehead atoms. The number of aromatic nitrogens is 4. The monoisotopic (exact) mass is 388 g/mol. The van der Waals surface area contributed by atoms with Crippen molar-refractivity contribution < 1.29 is 0 Å². The predicted octanol–water partition coefficient (Wildman–Crippen LogP) is 5.10. The summed E-state index contributed by atoms with van der Waals surface area (Å²) in [7, 11) is 0. The van der Waals surface area contributed by atoms with E-state index in [1.54, 1.807) is 0 Å². The topological polar surface area (TPSA) is 35.1 Å². The Kier molecular flexibility index (Phi) is 3.21. The predicted molar refractivity (Wildman–Crippen MR) is 103 cm³/mol. The zero-order chi connectivity index (χ0) is 16.8. The largest absolute Gasteiger partial charge is 0.225 e. The van der Waals surface area contributed by atoms with Gasteiger partial charge in [-0.2, -0.15) is 4.80 Å². The van der Waals surface area contributed by atoms with Gasteiger partial charge in [0.1, 0.15) is 5.69 Å². The highest BCUT2D eigenvalue weighted by atomic mass is 79.9. The molecule has 4 nitrogen and oxygen atoms in total. The number of benzene rings is 3. The molecule has 0 radical (unpaired) electrons. The molecule has 0 unspecified atom stereocenters. The van der Waals surface area contributed by atoms with Gasteiger partial charge in [-0.15, -0.1) is 5.10 Å². The molecule has 0 atom stereocenters. The summed E-state index contributed by atoms with van der Waals surface area (Å²) in [4.78, 5) is 6.74. The van der Waals surface area contributed by atoms with Crippen LogP contribution in [0.2, 0.25) is 0 Å². The van der Waals surface area contributed by atoms with E-state index in [2.05, 4.69) is 38.6 Å². The van der Waals surface area contributed by atoms with Gasteiger partial charge in [-0.05, 0) is 36.4 Å². The Bertz CT molecular complexity index is 1190. The summed E-state index contributed by atoms with van der Waals surface area (Å²) in [6.07, 6.45) is 0. The zero-order valence-electron chi connectivity index (χ0n) is 13.2. The lowest BCUT2D eigenvalue weighted by molar-refractivity contribution is 0.714. The maximum Gasteiger partial charge on any atom is 0.183 e. The molecule has 5 rings (SSSR count). The van der Waals surface area contributed by atoms with Gasteiger partial charge in [-0.3, -0.25) is 0 Å². The summed E-state index contributed by atoms with van der Waals surface area (Å²) in [6, 6.07) is 26.4. The Hall–Kier alpha value is -2.92. The number of nitrogens with zero attached hydrogens (tertiary/aromatic N) is 4. The fraction of sp³-hybridized carbons (Fsp3) is 0. The van der Waals surface area contributed by atoms with Crippen molar-refractivity contribution in [3.05, 3.63) is 83.3 Å². The fourth-order valence-electron chi connectivity index (χ4n) is 3.07. The summed E-state index contributed by atoms with van der Waals surface area (Å²) >= 11 is 3.49. The van der Waals surface area contributed by atoms with Gasteiger partial charge in [-0.25, -0.2) is 9.50 Å². The summed E-state index contributed by atoms with van der Waals surface area (Å²) in [5, 5.41) is 4.87. The van der Waals surface area contributed by atoms with E-state index in [4.69, 9.17) is 10.1 Å². The van der Waals surface area contributed by atoms with E-state index >= 15 is 0 Å². The van der Waals surface area contributed by atoms with Crippen LogP contribution in [-0.2, 0) is 0 Å². The Balaban J connectivity index is 1.89. The molecule has 25 heavy (non-hydrogen) atoms. The van der Waals surface area contributed by atoms with Crippen molar-refractivity contribution in [3.63, 3.8) is 0 Å². The van der Waals surface area contributed by atoms with Gasteiger partial charge in [0.15, 0.2) is 5.65 Å². The number of hydrogen-bond acceptors (Lipinski definition) is 2. The first kappa shape index (κ1) is 14.4. The van der Waals surface area contributed by atoms with E-state index in [0.29, 0.717) is 0 Å². The minimum Gasteiger partial charge on any atom is -0.225 e. The normalized spacial score (nSPS) is 11.4. The first-order valence-corrected chi connectivity index (χ1v) is 8.78. The second-order valence-electron chi connectivity index (χ2n) is 5.82. The maximum absolute atomic E-state index is 4.87. The highest BCUT2D eigenvalue weighted by Gasteiger charge is 2.18. The van der Waals surface area contributed by atoms with Crippen LogP contribution < -0.4 is 0 Å². The van der Waals surface area contributed by atoms with Crippen molar-refractivity contribution >= 4 is 32.6 Å². The first-order valence-electron chi connectivity index (χ1n) is 7.99. The van der Waals surface area contributed by atoms with E-state index in [1.807, 2.05) is 65.5 Å². The van der Waals surface area contributed by atoms with Crippen LogP contribution in [0.4, 0.5) is 0 Å². The maximum atomic E-state index is 4.87. The number of para-hydroxylation sites is 2. The average molecular weight is 389 g/mol. The van der Waals surface area contributed by atoms with Gasteiger partial charge < -0.3 is 0 Å². The van der Waals surface area contributed by atoms with E-state index in [-0.39, 0.29) is 0 Å². The van der Waals surface area contributed by atoms with Crippen LogP contribution in [0.25, 0.3) is 33.6 Å². The van der Waals surface area contributed by atoms with Crippen molar-refractivity contribution in [2.24, 2.45) is 0 Å². The lowest BCUT2D eigenvalue weighted by Crippen LogP contribution is -2.04. The molecule has 0 spiro atoms. The molecular weight excluding hydrogens is 376 g/mol. The number of fused-ring (bicyclic) bond motifs is 3. The molecule has 0 aliphatic rings. The smallest absolute Gasteiger partial charge is 0.183 e. The molecule has 0 aliphatic heterocycles. The Labute approximate surface area is 152 Å². The van der Waals surface area contributed by atoms with Crippen LogP contribution in [0, 0.1) is 0 Å². The Morgan fingerprint density at radius 2 is 1.48 bits per heavy atom. The van der Waals surface area contributed by atoms with Crippen LogP contribution in [0.5, 0.6) is 0 Å². The van der Waals surface area contributed by atoms with Crippen LogP contribution in [-0.4, -0.2) is 19.4 Å². The number of halogens is 1. The van der Waals surface area contributed by atoms with Gasteiger partial charge >= 0.3 is 0 Å². The van der Waals surface area contributed by atoms with Crippen LogP contribution in [0.15, 0.2) is 83.3 Å². The molecule has 0 fully saturated rings. The summed E-state index contributed by atoms with van der Waals surface area (Å²) < 4.78 is 3.11. The van der Waals surface area contributed by atoms with Gasteiger partial charge in [-0.1, -0.05) is 58.4 Å². The standard InChI is InChI=1S/C20H13BrN4/c21-15-10-12-16(13-11-15)25-23-19(14-6-2-1-3-7-14)20-22-17-8-4-5-9-18(17)24(20)25/h1-13H. The van der Waals surface area contributed by atoms with E-state index < -0.39 is 0 Å². The molecule has 120 valence electrons. The molecule has 2 aromatic heterocycles. The van der Waals surface area contributed by atoms with Crippen molar-refractivity contribution in [2.45, 2.75) is 0 Å². The highest BCUT2D eigenvalue weighted by Crippen LogP contribution is 2.28. The summed E-state index contributed by atoms with van der Waals surface area (Å²) in [5.74, 6) is 0. The van der Waals surface area contributed by atoms with E-state index in [1.165, 1.54) is 0 Å². The molecule has 3 aromatic carbocycles. The van der Waals surface area contributed by atoms with E-state index in [0.717, 1.165) is 38.1 Å². The van der Waals surface area contributed by atoms with Crippen LogP contribution >= 0.6 is 15.9 Å². The molecule has 0 aliphatic carbocycles. The third-order valence-electron chi connectivity index (χ3n) is 4.24. The first-order chi connectivity index (χ1) is 12.3. The number of rotatable bonds is 2. The third kappa shape index (κ3) is 2.27. The van der Waals surface area contributed by atoms with Gasteiger partial charge in [0, 0.05) is 10.0 Å². The van der Waals surface area contributed by atoms with Crippen LogP contribution in [0.3, 0.4) is 0 Å². The van der Waals surface area contributed by atoms with Crippen molar-refractivity contribution in [2.75, 3.05) is 0 Å². The zero-order valence-corrected chi connectivity index (χ0v) is 14.8. The molecule has 5 aromatic rings. The highest BCUT2D eigenvalue weighted by molar-refractivity contribution is 9.10. The summed E-state index contributed by atoms with van der Waals surface area (Å²) in [6.45, 7) is 0. The van der Waals surface area contributed by atoms with Gasteiger partial charge in [0.2, 0.25) is 0 Å². The lowest BCUT2D eigenvalue weighted by Gasteiger charge is -2.04. The number of imidazole rings is 1. The van der Waals surface area contributed by atoms with E-state index in [9.17, 15) is 0 Å². The van der Waals surface area contributed by atoms with Gasteiger partial charge in [0.05, 0.1) is 16.7 Å². The average Bonchev–Trinajstić information content (AvgIpc) is 3.20. The number of hydrogen-bond donors (Lipinski definition) is 0. The molecule has 0 amide bonds. The second-order valence-corrected chi connectivity index (χ2v) is 6.73. The quantitative estimate of drug-likeness (QED) is 0.421. The minimum absolute atomic E-state index is 0.857. The molecule has 0 saturated carbocycles. The summed E-state index contributed by atoms with van der Waals surface area (Å²) in [5.41, 5.74) is 5.77. The SMILES string of the molecule is Brc1ccc(-n2nc(-c3ccccc3)c3nc4ccccc4n32)cc1. The lowest BCUT2D eigenvalue weighted by atomic mass is 10.2. The van der Waals surface area contributed by atoms with Crippen molar-refractivity contribution in [1.29, 1.82) is 0 Å². The molecule has 0 saturated heterocycles. The van der Waals surface area contributed by atoms with Crippen molar-refractivity contribution in [1.82, 2.24) is 19.4 Å². The van der Waals surface area contributed by atoms with Crippen LogP contribution in [0.1, 0.15) is 0 Å². The molecule has 2 heterocycles. The molecule has 0 N–H and O–H groups in total. The third-order valence-corrected chi connectivity index (χ3v) is 4.77. The molecule has 5 heteroatoms. The minimum atomic E-state index is 0.857. The second kappa shape index (κ2) is 5.57. The Morgan fingerprint density at radius 1 is 0.760 bits per heavy atom. The fourth-order valence-corrected chi connectivity index (χ4v) is 3.34. The molecular formula is C20H13BrN4.